The van der Waals surface area contributed by atoms with E-state index >= 15 is 0 Å². The number of nitro groups is 2. The van der Waals surface area contributed by atoms with Crippen molar-refractivity contribution in [3.63, 3.8) is 0 Å². The van der Waals surface area contributed by atoms with Crippen molar-refractivity contribution in [3.8, 4) is 0 Å². The summed E-state index contributed by atoms with van der Waals surface area (Å²) in [6, 6.07) is 3.67. The van der Waals surface area contributed by atoms with Gasteiger partial charge in [-0.05, 0) is 22.8 Å². The maximum absolute atomic E-state index is 11.1. The average Bonchev–Trinajstić information content (AvgIpc) is 2.76. The molecule has 21 heavy (non-hydrogen) atoms. The molecule has 0 heterocycles. The Morgan fingerprint density at radius 3 is 2.10 bits per heavy atom. The highest BCUT2D eigenvalue weighted by atomic mass is 16.6. The molecular formula is C14H19N3O4. The van der Waals surface area contributed by atoms with Gasteiger partial charge in [0.2, 0.25) is 0 Å². The van der Waals surface area contributed by atoms with Gasteiger partial charge in [-0.1, -0.05) is 27.7 Å². The molecule has 0 spiro atoms. The SMILES string of the molecule is CC1(C)C(CNc2ccc([N+](=O)[O-])cc2[N+](=O)[O-])C1(C)C. The first-order valence-corrected chi connectivity index (χ1v) is 6.75. The molecule has 0 amide bonds. The molecule has 0 aromatic heterocycles. The van der Waals surface area contributed by atoms with Crippen LogP contribution in [0.4, 0.5) is 17.1 Å². The lowest BCUT2D eigenvalue weighted by Gasteiger charge is -2.08. The van der Waals surface area contributed by atoms with Gasteiger partial charge in [-0.15, -0.1) is 0 Å². The number of hydrogen-bond acceptors (Lipinski definition) is 5. The molecule has 0 radical (unpaired) electrons. The van der Waals surface area contributed by atoms with E-state index in [1.807, 2.05) is 0 Å². The first kappa shape index (κ1) is 15.2. The van der Waals surface area contributed by atoms with Crippen LogP contribution in [0.15, 0.2) is 18.2 Å². The van der Waals surface area contributed by atoms with Crippen LogP contribution in [-0.4, -0.2) is 16.4 Å². The molecule has 0 atom stereocenters. The quantitative estimate of drug-likeness (QED) is 0.660. The summed E-state index contributed by atoms with van der Waals surface area (Å²) >= 11 is 0. The fourth-order valence-electron chi connectivity index (χ4n) is 2.99. The van der Waals surface area contributed by atoms with E-state index in [-0.39, 0.29) is 22.2 Å². The van der Waals surface area contributed by atoms with Gasteiger partial charge in [0.25, 0.3) is 11.4 Å². The average molecular weight is 293 g/mol. The van der Waals surface area contributed by atoms with Crippen molar-refractivity contribution in [2.24, 2.45) is 16.7 Å². The van der Waals surface area contributed by atoms with Crippen molar-refractivity contribution < 1.29 is 9.85 Å². The van der Waals surface area contributed by atoms with Crippen LogP contribution < -0.4 is 5.32 Å². The first-order chi connectivity index (χ1) is 9.59. The first-order valence-electron chi connectivity index (χ1n) is 6.75. The van der Waals surface area contributed by atoms with E-state index < -0.39 is 9.85 Å². The summed E-state index contributed by atoms with van der Waals surface area (Å²) in [5.74, 6) is 0.403. The van der Waals surface area contributed by atoms with Crippen molar-refractivity contribution >= 4 is 17.1 Å². The summed E-state index contributed by atoms with van der Waals surface area (Å²) in [5.41, 5.74) is 0.134. The smallest absolute Gasteiger partial charge is 0.299 e. The van der Waals surface area contributed by atoms with Gasteiger partial charge in [0.15, 0.2) is 0 Å². The van der Waals surface area contributed by atoms with Crippen LogP contribution in [0.2, 0.25) is 0 Å². The van der Waals surface area contributed by atoms with E-state index in [0.717, 1.165) is 6.07 Å². The van der Waals surface area contributed by atoms with Gasteiger partial charge in [0, 0.05) is 12.6 Å². The molecule has 1 aromatic rings. The van der Waals surface area contributed by atoms with Gasteiger partial charge >= 0.3 is 0 Å². The molecule has 0 aliphatic heterocycles. The Hall–Kier alpha value is -2.18. The molecule has 0 unspecified atom stereocenters. The molecule has 1 aliphatic carbocycles. The van der Waals surface area contributed by atoms with Gasteiger partial charge < -0.3 is 5.32 Å². The largest absolute Gasteiger partial charge is 0.379 e. The number of hydrogen-bond donors (Lipinski definition) is 1. The second kappa shape index (κ2) is 4.68. The number of non-ortho nitro benzene ring substituents is 1. The minimum Gasteiger partial charge on any atom is -0.379 e. The third-order valence-corrected chi connectivity index (χ3v) is 5.21. The molecule has 1 aliphatic rings. The lowest BCUT2D eigenvalue weighted by atomic mass is 10.0. The Bertz CT molecular complexity index is 596. The predicted molar refractivity (Wildman–Crippen MR) is 79.3 cm³/mol. The Labute approximate surface area is 122 Å². The molecule has 114 valence electrons. The molecule has 1 N–H and O–H groups in total. The number of benzene rings is 1. The molecule has 0 bridgehead atoms. The van der Waals surface area contributed by atoms with E-state index in [4.69, 9.17) is 0 Å². The molecule has 1 fully saturated rings. The Morgan fingerprint density at radius 1 is 1.10 bits per heavy atom. The number of nitrogens with zero attached hydrogens (tertiary/aromatic N) is 2. The van der Waals surface area contributed by atoms with Gasteiger partial charge in [-0.25, -0.2) is 0 Å². The van der Waals surface area contributed by atoms with Crippen LogP contribution in [0.25, 0.3) is 0 Å². The van der Waals surface area contributed by atoms with E-state index in [1.165, 1.54) is 12.1 Å². The molecule has 7 nitrogen and oxygen atoms in total. The van der Waals surface area contributed by atoms with Gasteiger partial charge in [-0.3, -0.25) is 20.2 Å². The Morgan fingerprint density at radius 2 is 1.67 bits per heavy atom. The Kier molecular flexibility index (Phi) is 3.39. The predicted octanol–water partition coefficient (Wildman–Crippen LogP) is 3.60. The van der Waals surface area contributed by atoms with E-state index in [9.17, 15) is 20.2 Å². The molecule has 1 saturated carbocycles. The topological polar surface area (TPSA) is 98.3 Å². The summed E-state index contributed by atoms with van der Waals surface area (Å²) in [6.07, 6.45) is 0. The van der Waals surface area contributed by atoms with Crippen LogP contribution in [0, 0.1) is 37.0 Å². The number of anilines is 1. The summed E-state index contributed by atoms with van der Waals surface area (Å²) < 4.78 is 0. The minimum atomic E-state index is -0.635. The third kappa shape index (κ3) is 2.43. The second-order valence-corrected chi connectivity index (χ2v) is 6.59. The highest BCUT2D eigenvalue weighted by molar-refractivity contribution is 5.65. The highest BCUT2D eigenvalue weighted by Gasteiger charge is 2.64. The van der Waals surface area contributed by atoms with Crippen molar-refractivity contribution in [2.75, 3.05) is 11.9 Å². The van der Waals surface area contributed by atoms with Crippen LogP contribution in [-0.2, 0) is 0 Å². The number of nitrogens with one attached hydrogen (secondary N) is 1. The summed E-state index contributed by atoms with van der Waals surface area (Å²) in [6.45, 7) is 9.29. The van der Waals surface area contributed by atoms with Crippen molar-refractivity contribution in [3.05, 3.63) is 38.4 Å². The van der Waals surface area contributed by atoms with Crippen molar-refractivity contribution in [1.82, 2.24) is 0 Å². The summed E-state index contributed by atoms with van der Waals surface area (Å²) in [4.78, 5) is 20.5. The number of nitro benzene ring substituents is 2. The molecule has 0 saturated heterocycles. The maximum Gasteiger partial charge on any atom is 0.299 e. The molecule has 2 rings (SSSR count). The van der Waals surface area contributed by atoms with Crippen molar-refractivity contribution in [1.29, 1.82) is 0 Å². The third-order valence-electron chi connectivity index (χ3n) is 5.21. The van der Waals surface area contributed by atoms with E-state index in [1.54, 1.807) is 0 Å². The molecule has 7 heteroatoms. The lowest BCUT2D eigenvalue weighted by Crippen LogP contribution is -2.09. The standard InChI is InChI=1S/C14H19N3O4/c1-13(2)12(14(13,3)4)8-15-10-6-5-9(16(18)19)7-11(10)17(20)21/h5-7,12,15H,8H2,1-4H3. The van der Waals surface area contributed by atoms with Crippen LogP contribution >= 0.6 is 0 Å². The van der Waals surface area contributed by atoms with Gasteiger partial charge in [0.05, 0.1) is 15.9 Å². The number of rotatable bonds is 5. The van der Waals surface area contributed by atoms with Gasteiger partial charge in [-0.2, -0.15) is 0 Å². The van der Waals surface area contributed by atoms with E-state index in [2.05, 4.69) is 33.0 Å². The minimum absolute atomic E-state index is 0.176. The van der Waals surface area contributed by atoms with Crippen molar-refractivity contribution in [2.45, 2.75) is 27.7 Å². The summed E-state index contributed by atoms with van der Waals surface area (Å²) in [7, 11) is 0. The normalized spacial score (nSPS) is 19.0. The fourth-order valence-corrected chi connectivity index (χ4v) is 2.99. The second-order valence-electron chi connectivity index (χ2n) is 6.59. The fraction of sp³-hybridized carbons (Fsp3) is 0.571. The lowest BCUT2D eigenvalue weighted by molar-refractivity contribution is -0.393. The van der Waals surface area contributed by atoms with Gasteiger partial charge in [0.1, 0.15) is 5.69 Å². The molecular weight excluding hydrogens is 274 g/mol. The maximum atomic E-state index is 11.1. The Balaban J connectivity index is 2.18. The highest BCUT2D eigenvalue weighted by Crippen LogP contribution is 2.68. The van der Waals surface area contributed by atoms with Crippen LogP contribution in [0.1, 0.15) is 27.7 Å². The molecule has 1 aromatic carbocycles. The van der Waals surface area contributed by atoms with Crippen LogP contribution in [0.5, 0.6) is 0 Å². The zero-order chi connectivity index (χ0) is 16.0. The monoisotopic (exact) mass is 293 g/mol. The van der Waals surface area contributed by atoms with Crippen LogP contribution in [0.3, 0.4) is 0 Å². The zero-order valence-electron chi connectivity index (χ0n) is 12.5. The zero-order valence-corrected chi connectivity index (χ0v) is 12.5. The summed E-state index contributed by atoms with van der Waals surface area (Å²) in [5, 5.41) is 24.8. The van der Waals surface area contributed by atoms with E-state index in [0.29, 0.717) is 18.2 Å².